The first-order valence-electron chi connectivity index (χ1n) is 9.63. The third-order valence-electron chi connectivity index (χ3n) is 4.77. The van der Waals surface area contributed by atoms with Gasteiger partial charge in [-0.25, -0.2) is 0 Å². The number of benzene rings is 3. The Morgan fingerprint density at radius 3 is 2.29 bits per heavy atom. The number of carbonyl (C=O) groups excluding carboxylic acids is 1. The summed E-state index contributed by atoms with van der Waals surface area (Å²) in [5.41, 5.74) is 3.63. The number of rotatable bonds is 7. The number of hydrogen-bond acceptors (Lipinski definition) is 5. The molecule has 1 aromatic heterocycles. The van der Waals surface area contributed by atoms with E-state index in [1.54, 1.807) is 31.4 Å². The Morgan fingerprint density at radius 2 is 1.65 bits per heavy atom. The molecular formula is C24H20ClN3O2S. The van der Waals surface area contributed by atoms with Crippen LogP contribution in [0.2, 0.25) is 5.02 Å². The first kappa shape index (κ1) is 21.2. The van der Waals surface area contributed by atoms with Crippen molar-refractivity contribution in [2.24, 2.45) is 0 Å². The lowest BCUT2D eigenvalue weighted by molar-refractivity contribution is 0.102. The van der Waals surface area contributed by atoms with Gasteiger partial charge in [0.25, 0.3) is 0 Å². The molecule has 0 amide bonds. The Balaban J connectivity index is 1.67. The van der Waals surface area contributed by atoms with Crippen LogP contribution in [0, 0.1) is 6.92 Å². The highest BCUT2D eigenvalue weighted by atomic mass is 35.5. The lowest BCUT2D eigenvalue weighted by atomic mass is 10.1. The van der Waals surface area contributed by atoms with E-state index < -0.39 is 0 Å². The average Bonchev–Trinajstić information content (AvgIpc) is 3.22. The maximum absolute atomic E-state index is 12.6. The van der Waals surface area contributed by atoms with E-state index in [1.165, 1.54) is 17.3 Å². The summed E-state index contributed by atoms with van der Waals surface area (Å²) in [4.78, 5) is 12.6. The molecule has 0 bridgehead atoms. The van der Waals surface area contributed by atoms with Gasteiger partial charge in [-0.2, -0.15) is 0 Å². The molecule has 0 aliphatic carbocycles. The molecule has 7 heteroatoms. The van der Waals surface area contributed by atoms with Crippen molar-refractivity contribution >= 4 is 29.1 Å². The number of ketones is 1. The summed E-state index contributed by atoms with van der Waals surface area (Å²) in [6.07, 6.45) is 0. The molecule has 0 N–H and O–H groups in total. The fourth-order valence-corrected chi connectivity index (χ4v) is 4.04. The molecule has 0 saturated carbocycles. The summed E-state index contributed by atoms with van der Waals surface area (Å²) >= 11 is 7.28. The van der Waals surface area contributed by atoms with E-state index in [0.29, 0.717) is 21.6 Å². The molecule has 0 saturated heterocycles. The van der Waals surface area contributed by atoms with E-state index >= 15 is 0 Å². The number of nitrogens with zero attached hydrogens (tertiary/aromatic N) is 3. The molecule has 0 aliphatic heterocycles. The van der Waals surface area contributed by atoms with Gasteiger partial charge in [0.15, 0.2) is 16.8 Å². The van der Waals surface area contributed by atoms with Gasteiger partial charge < -0.3 is 4.74 Å². The van der Waals surface area contributed by atoms with Gasteiger partial charge in [0, 0.05) is 21.8 Å². The van der Waals surface area contributed by atoms with Crippen molar-refractivity contribution in [1.82, 2.24) is 14.8 Å². The first-order valence-corrected chi connectivity index (χ1v) is 11.0. The lowest BCUT2D eigenvalue weighted by Crippen LogP contribution is -2.05. The van der Waals surface area contributed by atoms with Crippen molar-refractivity contribution in [3.05, 3.63) is 88.9 Å². The van der Waals surface area contributed by atoms with Crippen molar-refractivity contribution < 1.29 is 9.53 Å². The van der Waals surface area contributed by atoms with Gasteiger partial charge in [-0.1, -0.05) is 53.2 Å². The molecule has 0 unspecified atom stereocenters. The molecule has 3 aromatic carbocycles. The molecule has 4 aromatic rings. The molecular weight excluding hydrogens is 430 g/mol. The van der Waals surface area contributed by atoms with Crippen molar-refractivity contribution in [2.45, 2.75) is 12.1 Å². The lowest BCUT2D eigenvalue weighted by Gasteiger charge is -2.11. The van der Waals surface area contributed by atoms with Gasteiger partial charge in [0.05, 0.1) is 12.9 Å². The zero-order valence-corrected chi connectivity index (χ0v) is 18.7. The Morgan fingerprint density at radius 1 is 0.968 bits per heavy atom. The Hall–Kier alpha value is -3.09. The third-order valence-corrected chi connectivity index (χ3v) is 5.95. The van der Waals surface area contributed by atoms with Crippen molar-refractivity contribution in [3.63, 3.8) is 0 Å². The first-order chi connectivity index (χ1) is 15.0. The van der Waals surface area contributed by atoms with Crippen LogP contribution in [0.15, 0.2) is 78.0 Å². The monoisotopic (exact) mass is 449 g/mol. The summed E-state index contributed by atoms with van der Waals surface area (Å²) in [5, 5.41) is 10.1. The van der Waals surface area contributed by atoms with E-state index in [1.807, 2.05) is 60.0 Å². The standard InChI is InChI=1S/C24H20ClN3O2S/c1-16-3-5-18(6-4-16)23-26-27-24(28(23)20-11-13-21(30-2)14-12-20)31-15-22(29)17-7-9-19(25)10-8-17/h3-14H,15H2,1-2H3. The van der Waals surface area contributed by atoms with Crippen molar-refractivity contribution in [3.8, 4) is 22.8 Å². The zero-order chi connectivity index (χ0) is 21.8. The fourth-order valence-electron chi connectivity index (χ4n) is 3.07. The van der Waals surface area contributed by atoms with Crippen LogP contribution in [0.25, 0.3) is 17.1 Å². The minimum atomic E-state index is 0.00262. The van der Waals surface area contributed by atoms with Gasteiger partial charge in [0.1, 0.15) is 5.75 Å². The molecule has 0 spiro atoms. The van der Waals surface area contributed by atoms with E-state index in [4.69, 9.17) is 16.3 Å². The molecule has 156 valence electrons. The van der Waals surface area contributed by atoms with Gasteiger partial charge in [-0.05, 0) is 55.5 Å². The number of methoxy groups -OCH3 is 1. The number of ether oxygens (including phenoxy) is 1. The van der Waals surface area contributed by atoms with Crippen LogP contribution in [0.5, 0.6) is 5.75 Å². The Kier molecular flexibility index (Phi) is 6.39. The second kappa shape index (κ2) is 9.37. The Bertz CT molecular complexity index is 1190. The fraction of sp³-hybridized carbons (Fsp3) is 0.125. The number of Topliss-reactive ketones (excluding diaryl/α,β-unsaturated/α-hetero) is 1. The molecule has 5 nitrogen and oxygen atoms in total. The summed E-state index contributed by atoms with van der Waals surface area (Å²) in [6.45, 7) is 2.04. The van der Waals surface area contributed by atoms with Crippen molar-refractivity contribution in [1.29, 1.82) is 0 Å². The average molecular weight is 450 g/mol. The minimum absolute atomic E-state index is 0.00262. The summed E-state index contributed by atoms with van der Waals surface area (Å²) in [6, 6.07) is 22.7. The van der Waals surface area contributed by atoms with Gasteiger partial charge in [0.2, 0.25) is 0 Å². The molecule has 31 heavy (non-hydrogen) atoms. The number of aryl methyl sites for hydroxylation is 1. The second-order valence-corrected chi connectivity index (χ2v) is 8.30. The van der Waals surface area contributed by atoms with E-state index in [0.717, 1.165) is 17.0 Å². The normalized spacial score (nSPS) is 10.8. The highest BCUT2D eigenvalue weighted by molar-refractivity contribution is 7.99. The van der Waals surface area contributed by atoms with Crippen LogP contribution in [0.3, 0.4) is 0 Å². The predicted molar refractivity (Wildman–Crippen MR) is 125 cm³/mol. The van der Waals surface area contributed by atoms with Crippen LogP contribution < -0.4 is 4.74 Å². The number of carbonyl (C=O) groups is 1. The van der Waals surface area contributed by atoms with E-state index in [9.17, 15) is 4.79 Å². The van der Waals surface area contributed by atoms with Gasteiger partial charge >= 0.3 is 0 Å². The molecule has 0 fully saturated rings. The molecule has 0 aliphatic rings. The molecule has 4 rings (SSSR count). The quantitative estimate of drug-likeness (QED) is 0.260. The summed E-state index contributed by atoms with van der Waals surface area (Å²) < 4.78 is 7.24. The van der Waals surface area contributed by atoms with Crippen LogP contribution >= 0.6 is 23.4 Å². The predicted octanol–water partition coefficient (Wildman–Crippen LogP) is 5.88. The summed E-state index contributed by atoms with van der Waals surface area (Å²) in [7, 11) is 1.63. The zero-order valence-electron chi connectivity index (χ0n) is 17.1. The minimum Gasteiger partial charge on any atom is -0.497 e. The highest BCUT2D eigenvalue weighted by Crippen LogP contribution is 2.29. The highest BCUT2D eigenvalue weighted by Gasteiger charge is 2.18. The van der Waals surface area contributed by atoms with Crippen molar-refractivity contribution in [2.75, 3.05) is 12.9 Å². The van der Waals surface area contributed by atoms with Gasteiger partial charge in [-0.3, -0.25) is 9.36 Å². The van der Waals surface area contributed by atoms with Gasteiger partial charge in [-0.15, -0.1) is 10.2 Å². The van der Waals surface area contributed by atoms with Crippen LogP contribution in [-0.2, 0) is 0 Å². The molecule has 0 atom stereocenters. The van der Waals surface area contributed by atoms with Crippen LogP contribution in [0.4, 0.5) is 0 Å². The summed E-state index contributed by atoms with van der Waals surface area (Å²) in [5.74, 6) is 1.72. The maximum Gasteiger partial charge on any atom is 0.196 e. The number of thioether (sulfide) groups is 1. The van der Waals surface area contributed by atoms with E-state index in [-0.39, 0.29) is 11.5 Å². The van der Waals surface area contributed by atoms with E-state index in [2.05, 4.69) is 10.2 Å². The number of halogens is 1. The smallest absolute Gasteiger partial charge is 0.196 e. The SMILES string of the molecule is COc1ccc(-n2c(SCC(=O)c3ccc(Cl)cc3)nnc2-c2ccc(C)cc2)cc1. The van der Waals surface area contributed by atoms with Crippen LogP contribution in [0.1, 0.15) is 15.9 Å². The number of hydrogen-bond donors (Lipinski definition) is 0. The third kappa shape index (κ3) is 4.81. The number of aromatic nitrogens is 3. The Labute approximate surface area is 190 Å². The second-order valence-electron chi connectivity index (χ2n) is 6.92. The maximum atomic E-state index is 12.6. The largest absolute Gasteiger partial charge is 0.497 e. The molecule has 1 heterocycles. The molecule has 0 radical (unpaired) electrons. The topological polar surface area (TPSA) is 57.0 Å². The van der Waals surface area contributed by atoms with Crippen LogP contribution in [-0.4, -0.2) is 33.4 Å².